The highest BCUT2D eigenvalue weighted by molar-refractivity contribution is 7.99. The molecule has 3 aromatic rings. The van der Waals surface area contributed by atoms with E-state index in [1.54, 1.807) is 31.4 Å². The third kappa shape index (κ3) is 4.66. The lowest BCUT2D eigenvalue weighted by atomic mass is 10.2. The summed E-state index contributed by atoms with van der Waals surface area (Å²) in [5.41, 5.74) is 1.35. The number of imide groups is 1. The molecule has 1 aliphatic carbocycles. The number of thioether (sulfide) groups is 1. The molecule has 2 N–H and O–H groups in total. The highest BCUT2D eigenvalue weighted by Gasteiger charge is 2.24. The maximum absolute atomic E-state index is 13.6. The molecule has 8 nitrogen and oxygen atoms in total. The third-order valence-corrected chi connectivity index (χ3v) is 7.43. The maximum Gasteiger partial charge on any atom is 0.321 e. The van der Waals surface area contributed by atoms with E-state index in [2.05, 4.69) is 10.6 Å². The van der Waals surface area contributed by atoms with Gasteiger partial charge in [-0.25, -0.2) is 9.78 Å². The van der Waals surface area contributed by atoms with Gasteiger partial charge in [-0.15, -0.1) is 11.3 Å². The number of carbonyl (C=O) groups excluding carboxylic acids is 2. The lowest BCUT2D eigenvalue weighted by Crippen LogP contribution is -2.41. The van der Waals surface area contributed by atoms with Crippen molar-refractivity contribution in [3.63, 3.8) is 0 Å². The number of nitrogens with one attached hydrogen (secondary N) is 2. The number of nitrogens with zero attached hydrogens (tertiary/aromatic N) is 2. The van der Waals surface area contributed by atoms with Crippen LogP contribution in [0.2, 0.25) is 0 Å². The summed E-state index contributed by atoms with van der Waals surface area (Å²) < 4.78 is 6.82. The first kappa shape index (κ1) is 22.3. The predicted molar refractivity (Wildman–Crippen MR) is 126 cm³/mol. The van der Waals surface area contributed by atoms with Crippen molar-refractivity contribution < 1.29 is 14.3 Å². The second-order valence-electron chi connectivity index (χ2n) is 7.50. The number of methoxy groups -OCH3 is 1. The van der Waals surface area contributed by atoms with Crippen molar-refractivity contribution in [1.29, 1.82) is 0 Å². The lowest BCUT2D eigenvalue weighted by Gasteiger charge is -2.13. The number of fused-ring (bicyclic) bond motifs is 1. The monoisotopic (exact) mass is 472 g/mol. The van der Waals surface area contributed by atoms with Gasteiger partial charge in [-0.1, -0.05) is 24.8 Å². The topological polar surface area (TPSA) is 102 Å². The van der Waals surface area contributed by atoms with Gasteiger partial charge in [0.25, 0.3) is 5.56 Å². The highest BCUT2D eigenvalue weighted by atomic mass is 32.2. The quantitative estimate of drug-likeness (QED) is 0.404. The van der Waals surface area contributed by atoms with E-state index in [0.29, 0.717) is 26.8 Å². The summed E-state index contributed by atoms with van der Waals surface area (Å²) in [7, 11) is 1.56. The van der Waals surface area contributed by atoms with Crippen LogP contribution in [-0.4, -0.2) is 40.4 Å². The van der Waals surface area contributed by atoms with Gasteiger partial charge >= 0.3 is 6.03 Å². The Bertz CT molecular complexity index is 1250. The molecule has 0 saturated heterocycles. The van der Waals surface area contributed by atoms with E-state index >= 15 is 0 Å². The number of carbonyl (C=O) groups is 2. The van der Waals surface area contributed by atoms with Gasteiger partial charge in [0.15, 0.2) is 5.16 Å². The summed E-state index contributed by atoms with van der Waals surface area (Å²) in [6.07, 6.45) is 2.69. The molecule has 0 bridgehead atoms. The zero-order valence-electron chi connectivity index (χ0n) is 18.1. The van der Waals surface area contributed by atoms with Gasteiger partial charge in [0.1, 0.15) is 10.6 Å². The van der Waals surface area contributed by atoms with Crippen molar-refractivity contribution in [2.24, 2.45) is 0 Å². The molecule has 2 heterocycles. The Balaban J connectivity index is 1.70. The molecule has 1 fully saturated rings. The number of aromatic nitrogens is 2. The summed E-state index contributed by atoms with van der Waals surface area (Å²) in [4.78, 5) is 44.2. The van der Waals surface area contributed by atoms with Crippen molar-refractivity contribution in [2.75, 3.05) is 12.9 Å². The number of hydrogen-bond acceptors (Lipinski definition) is 7. The first-order chi connectivity index (χ1) is 15.4. The highest BCUT2D eigenvalue weighted by Crippen LogP contribution is 2.31. The number of benzene rings is 1. The Morgan fingerprint density at radius 1 is 1.34 bits per heavy atom. The average molecular weight is 473 g/mol. The van der Waals surface area contributed by atoms with E-state index < -0.39 is 11.9 Å². The van der Waals surface area contributed by atoms with Gasteiger partial charge in [-0.3, -0.25) is 19.5 Å². The summed E-state index contributed by atoms with van der Waals surface area (Å²) in [5, 5.41) is 6.03. The van der Waals surface area contributed by atoms with Crippen LogP contribution in [0.15, 0.2) is 34.2 Å². The Labute approximate surface area is 193 Å². The molecule has 168 valence electrons. The Morgan fingerprint density at radius 2 is 2.12 bits per heavy atom. The van der Waals surface area contributed by atoms with Gasteiger partial charge in [0, 0.05) is 17.0 Å². The van der Waals surface area contributed by atoms with E-state index in [4.69, 9.17) is 9.72 Å². The number of amides is 3. The zero-order chi connectivity index (χ0) is 22.8. The fourth-order valence-corrected chi connectivity index (χ4v) is 5.33. The largest absolute Gasteiger partial charge is 0.497 e. The third-order valence-electron chi connectivity index (χ3n) is 5.16. The zero-order valence-corrected chi connectivity index (χ0v) is 19.7. The Morgan fingerprint density at radius 3 is 2.81 bits per heavy atom. The van der Waals surface area contributed by atoms with E-state index in [1.807, 2.05) is 13.8 Å². The van der Waals surface area contributed by atoms with E-state index in [1.165, 1.54) is 15.9 Å². The van der Waals surface area contributed by atoms with E-state index in [9.17, 15) is 14.4 Å². The average Bonchev–Trinajstić information content (AvgIpc) is 3.52. The Kier molecular flexibility index (Phi) is 6.52. The van der Waals surface area contributed by atoms with E-state index in [-0.39, 0.29) is 17.4 Å². The number of hydrogen-bond donors (Lipinski definition) is 2. The molecular formula is C22H24N4O4S2. The summed E-state index contributed by atoms with van der Waals surface area (Å²) in [6, 6.07) is 6.81. The fraction of sp³-hybridized carbons (Fsp3) is 0.364. The van der Waals surface area contributed by atoms with Crippen LogP contribution in [0, 0.1) is 6.92 Å². The van der Waals surface area contributed by atoms with Crippen LogP contribution in [0.3, 0.4) is 0 Å². The fourth-order valence-electron chi connectivity index (χ4n) is 3.36. The summed E-state index contributed by atoms with van der Waals surface area (Å²) in [6.45, 7) is 3.99. The molecule has 1 aromatic carbocycles. The molecule has 3 amide bonds. The standard InChI is InChI=1S/C22H24N4O4S2/c1-4-16-12(2)18-19(32-16)25-22(31-11-17(27)24-21(29)23-13-8-9-13)26(20(18)28)14-6-5-7-15(10-14)30-3/h5-7,10,13H,4,8-9,11H2,1-3H3,(H2,23,24,27,29). The van der Waals surface area contributed by atoms with Gasteiger partial charge in [-0.2, -0.15) is 0 Å². The molecule has 1 aliphatic rings. The molecule has 0 unspecified atom stereocenters. The van der Waals surface area contributed by atoms with Crippen LogP contribution in [0.5, 0.6) is 5.75 Å². The van der Waals surface area contributed by atoms with Gasteiger partial charge in [-0.05, 0) is 43.9 Å². The minimum Gasteiger partial charge on any atom is -0.497 e. The molecule has 2 aromatic heterocycles. The van der Waals surface area contributed by atoms with E-state index in [0.717, 1.165) is 41.5 Å². The van der Waals surface area contributed by atoms with Crippen molar-refractivity contribution in [1.82, 2.24) is 20.2 Å². The molecule has 4 rings (SSSR count). The molecule has 0 radical (unpaired) electrons. The number of thiophene rings is 1. The molecule has 32 heavy (non-hydrogen) atoms. The van der Waals surface area contributed by atoms with Crippen molar-refractivity contribution in [3.05, 3.63) is 45.1 Å². The summed E-state index contributed by atoms with van der Waals surface area (Å²) >= 11 is 2.61. The van der Waals surface area contributed by atoms with Crippen LogP contribution < -0.4 is 20.9 Å². The smallest absolute Gasteiger partial charge is 0.321 e. The van der Waals surface area contributed by atoms with Gasteiger partial charge < -0.3 is 10.1 Å². The van der Waals surface area contributed by atoms with Crippen LogP contribution >= 0.6 is 23.1 Å². The predicted octanol–water partition coefficient (Wildman–Crippen LogP) is 3.41. The first-order valence-corrected chi connectivity index (χ1v) is 12.1. The van der Waals surface area contributed by atoms with Gasteiger partial charge in [0.2, 0.25) is 5.91 Å². The van der Waals surface area contributed by atoms with Crippen molar-refractivity contribution in [2.45, 2.75) is 44.3 Å². The number of ether oxygens (including phenoxy) is 1. The molecule has 1 saturated carbocycles. The molecule has 0 spiro atoms. The van der Waals surface area contributed by atoms with Crippen molar-refractivity contribution in [3.8, 4) is 11.4 Å². The maximum atomic E-state index is 13.6. The number of urea groups is 1. The summed E-state index contributed by atoms with van der Waals surface area (Å²) in [5.74, 6) is 0.109. The van der Waals surface area contributed by atoms with Gasteiger partial charge in [0.05, 0.1) is 23.9 Å². The second-order valence-corrected chi connectivity index (χ2v) is 9.53. The number of aryl methyl sites for hydroxylation is 2. The molecule has 10 heteroatoms. The van der Waals surface area contributed by atoms with Crippen molar-refractivity contribution >= 4 is 45.3 Å². The SMILES string of the molecule is CCc1sc2nc(SCC(=O)NC(=O)NC3CC3)n(-c3cccc(OC)c3)c(=O)c2c1C. The Hall–Kier alpha value is -2.85. The first-order valence-electron chi connectivity index (χ1n) is 10.3. The minimum atomic E-state index is -0.492. The van der Waals surface area contributed by atoms with Crippen LogP contribution in [0.1, 0.15) is 30.2 Å². The minimum absolute atomic E-state index is 0.0506. The van der Waals surface area contributed by atoms with Crippen LogP contribution in [-0.2, 0) is 11.2 Å². The molecule has 0 atom stereocenters. The second kappa shape index (κ2) is 9.33. The molecular weight excluding hydrogens is 448 g/mol. The normalized spacial score (nSPS) is 13.2. The molecule has 0 aliphatic heterocycles. The lowest BCUT2D eigenvalue weighted by molar-refractivity contribution is -0.117. The van der Waals surface area contributed by atoms with Crippen LogP contribution in [0.4, 0.5) is 4.79 Å². The van der Waals surface area contributed by atoms with Crippen LogP contribution in [0.25, 0.3) is 15.9 Å². The number of rotatable bonds is 7.